The first-order valence-corrected chi connectivity index (χ1v) is 8.62. The zero-order chi connectivity index (χ0) is 16.0. The molecule has 1 N–H and O–H groups in total. The molecule has 3 rings (SSSR count). The van der Waals surface area contributed by atoms with E-state index in [1.165, 1.54) is 0 Å². The number of piperazine rings is 1. The van der Waals surface area contributed by atoms with Crippen LogP contribution in [0, 0.1) is 16.7 Å². The smallest absolute Gasteiger partial charge is 0.228 e. The third-order valence-corrected chi connectivity index (χ3v) is 5.61. The number of hydrogen-bond donors (Lipinski definition) is 1. The van der Waals surface area contributed by atoms with Gasteiger partial charge in [0, 0.05) is 37.5 Å². The molecule has 0 bridgehead atoms. The summed E-state index contributed by atoms with van der Waals surface area (Å²) < 4.78 is 0. The van der Waals surface area contributed by atoms with Crippen LogP contribution >= 0.6 is 12.4 Å². The van der Waals surface area contributed by atoms with E-state index in [1.54, 1.807) is 0 Å². The highest BCUT2D eigenvalue weighted by Crippen LogP contribution is 2.59. The molecule has 23 heavy (non-hydrogen) atoms. The number of rotatable bonds is 1. The average molecular weight is 344 g/mol. The molecule has 2 aliphatic heterocycles. The molecule has 0 radical (unpaired) electrons. The van der Waals surface area contributed by atoms with Gasteiger partial charge in [0.25, 0.3) is 0 Å². The van der Waals surface area contributed by atoms with Crippen LogP contribution in [0.2, 0.25) is 0 Å². The second-order valence-electron chi connectivity index (χ2n) is 8.24. The van der Waals surface area contributed by atoms with Gasteiger partial charge in [-0.15, -0.1) is 12.4 Å². The van der Waals surface area contributed by atoms with Crippen LogP contribution in [-0.4, -0.2) is 60.9 Å². The summed E-state index contributed by atoms with van der Waals surface area (Å²) in [7, 11) is 0. The van der Waals surface area contributed by atoms with Crippen LogP contribution in [-0.2, 0) is 9.59 Å². The van der Waals surface area contributed by atoms with E-state index in [2.05, 4.69) is 5.32 Å². The topological polar surface area (TPSA) is 52.7 Å². The van der Waals surface area contributed by atoms with Gasteiger partial charge >= 0.3 is 0 Å². The van der Waals surface area contributed by atoms with Gasteiger partial charge in [-0.3, -0.25) is 9.59 Å². The Morgan fingerprint density at radius 1 is 1.00 bits per heavy atom. The van der Waals surface area contributed by atoms with E-state index in [4.69, 9.17) is 0 Å². The lowest BCUT2D eigenvalue weighted by molar-refractivity contribution is -0.145. The monoisotopic (exact) mass is 343 g/mol. The van der Waals surface area contributed by atoms with E-state index in [0.29, 0.717) is 37.5 Å². The molecule has 5 nitrogen and oxygen atoms in total. The third kappa shape index (κ3) is 3.66. The van der Waals surface area contributed by atoms with Crippen molar-refractivity contribution in [2.75, 3.05) is 39.3 Å². The number of halogens is 1. The minimum Gasteiger partial charge on any atom is -0.339 e. The molecule has 3 fully saturated rings. The van der Waals surface area contributed by atoms with Gasteiger partial charge in [-0.2, -0.15) is 0 Å². The maximum absolute atomic E-state index is 12.7. The predicted molar refractivity (Wildman–Crippen MR) is 92.5 cm³/mol. The Balaban J connectivity index is 0.00000192. The second-order valence-corrected chi connectivity index (χ2v) is 8.24. The van der Waals surface area contributed by atoms with E-state index in [0.717, 1.165) is 32.4 Å². The Bertz CT molecular complexity index is 461. The molecule has 1 atom stereocenters. The van der Waals surface area contributed by atoms with Gasteiger partial charge in [-0.1, -0.05) is 20.8 Å². The van der Waals surface area contributed by atoms with Crippen LogP contribution in [0.5, 0.6) is 0 Å². The lowest BCUT2D eigenvalue weighted by Crippen LogP contribution is -2.53. The van der Waals surface area contributed by atoms with Crippen molar-refractivity contribution in [3.63, 3.8) is 0 Å². The Labute approximate surface area is 145 Å². The molecule has 1 aliphatic carbocycles. The quantitative estimate of drug-likeness (QED) is 0.785. The van der Waals surface area contributed by atoms with Crippen molar-refractivity contribution in [1.82, 2.24) is 15.1 Å². The van der Waals surface area contributed by atoms with Crippen molar-refractivity contribution in [3.8, 4) is 0 Å². The van der Waals surface area contributed by atoms with E-state index >= 15 is 0 Å². The van der Waals surface area contributed by atoms with Crippen LogP contribution in [0.15, 0.2) is 0 Å². The minimum absolute atomic E-state index is 0. The number of carbonyl (C=O) groups excluding carboxylic acids is 2. The Hall–Kier alpha value is -0.810. The highest BCUT2D eigenvalue weighted by molar-refractivity contribution is 5.85. The zero-order valence-corrected chi connectivity index (χ0v) is 15.4. The second kappa shape index (κ2) is 6.60. The maximum atomic E-state index is 12.7. The van der Waals surface area contributed by atoms with Crippen molar-refractivity contribution in [3.05, 3.63) is 0 Å². The lowest BCUT2D eigenvalue weighted by atomic mass is 9.91. The largest absolute Gasteiger partial charge is 0.339 e. The SMILES string of the molecule is CC(C)(C)C(=O)N1CCN(C(=O)C2CC23CCNCC3)CC1.Cl. The van der Waals surface area contributed by atoms with Gasteiger partial charge in [0.1, 0.15) is 0 Å². The minimum atomic E-state index is -0.332. The molecule has 6 heteroatoms. The lowest BCUT2D eigenvalue weighted by Gasteiger charge is -2.38. The van der Waals surface area contributed by atoms with Gasteiger partial charge in [0.2, 0.25) is 11.8 Å². The zero-order valence-electron chi connectivity index (χ0n) is 14.6. The molecule has 3 aliphatic rings. The van der Waals surface area contributed by atoms with E-state index in [9.17, 15) is 9.59 Å². The van der Waals surface area contributed by atoms with E-state index in [-0.39, 0.29) is 29.6 Å². The summed E-state index contributed by atoms with van der Waals surface area (Å²) in [5, 5.41) is 3.38. The third-order valence-electron chi connectivity index (χ3n) is 5.61. The molecule has 0 aromatic heterocycles. The summed E-state index contributed by atoms with van der Waals surface area (Å²) in [6, 6.07) is 0. The molecule has 132 valence electrons. The number of amides is 2. The number of nitrogens with zero attached hydrogens (tertiary/aromatic N) is 2. The number of piperidine rings is 1. The van der Waals surface area contributed by atoms with Crippen LogP contribution < -0.4 is 5.32 Å². The summed E-state index contributed by atoms with van der Waals surface area (Å²) in [6.07, 6.45) is 3.37. The first-order valence-electron chi connectivity index (χ1n) is 8.62. The maximum Gasteiger partial charge on any atom is 0.228 e. The van der Waals surface area contributed by atoms with Crippen LogP contribution in [0.25, 0.3) is 0 Å². The Morgan fingerprint density at radius 3 is 2.04 bits per heavy atom. The van der Waals surface area contributed by atoms with Crippen molar-refractivity contribution >= 4 is 24.2 Å². The van der Waals surface area contributed by atoms with Crippen LogP contribution in [0.3, 0.4) is 0 Å². The fraction of sp³-hybridized carbons (Fsp3) is 0.882. The Morgan fingerprint density at radius 2 is 1.52 bits per heavy atom. The standard InChI is InChI=1S/C17H29N3O2.ClH/c1-16(2,3)15(22)20-10-8-19(9-11-20)14(21)13-12-17(13)4-6-18-7-5-17;/h13,18H,4-12H2,1-3H3;1H. The van der Waals surface area contributed by atoms with E-state index < -0.39 is 0 Å². The van der Waals surface area contributed by atoms with E-state index in [1.807, 2.05) is 30.6 Å². The molecule has 2 saturated heterocycles. The first kappa shape index (κ1) is 18.5. The molecular formula is C17H30ClN3O2. The molecule has 0 aromatic rings. The highest BCUT2D eigenvalue weighted by Gasteiger charge is 2.58. The van der Waals surface area contributed by atoms with Gasteiger partial charge in [0.15, 0.2) is 0 Å². The van der Waals surface area contributed by atoms with Gasteiger partial charge in [-0.25, -0.2) is 0 Å². The fourth-order valence-electron chi connectivity index (χ4n) is 4.00. The summed E-state index contributed by atoms with van der Waals surface area (Å²) in [4.78, 5) is 28.9. The molecule has 0 aromatic carbocycles. The molecule has 1 unspecified atom stereocenters. The van der Waals surface area contributed by atoms with Crippen molar-refractivity contribution < 1.29 is 9.59 Å². The molecule has 1 spiro atoms. The highest BCUT2D eigenvalue weighted by atomic mass is 35.5. The van der Waals surface area contributed by atoms with Gasteiger partial charge in [0.05, 0.1) is 0 Å². The van der Waals surface area contributed by atoms with Crippen molar-refractivity contribution in [2.45, 2.75) is 40.0 Å². The molecule has 2 amide bonds. The predicted octanol–water partition coefficient (Wildman–Crippen LogP) is 1.51. The first-order chi connectivity index (χ1) is 10.3. The molecule has 1 saturated carbocycles. The van der Waals surface area contributed by atoms with Crippen molar-refractivity contribution in [2.24, 2.45) is 16.7 Å². The Kier molecular flexibility index (Phi) is 5.31. The van der Waals surface area contributed by atoms with Gasteiger partial charge < -0.3 is 15.1 Å². The van der Waals surface area contributed by atoms with Crippen molar-refractivity contribution in [1.29, 1.82) is 0 Å². The van der Waals surface area contributed by atoms with Gasteiger partial charge in [-0.05, 0) is 37.8 Å². The molecular weight excluding hydrogens is 314 g/mol. The summed E-state index contributed by atoms with van der Waals surface area (Å²) in [6.45, 7) is 10.7. The average Bonchev–Trinajstić information content (AvgIpc) is 3.19. The normalized spacial score (nSPS) is 26.7. The number of carbonyl (C=O) groups is 2. The fourth-order valence-corrected chi connectivity index (χ4v) is 4.00. The summed E-state index contributed by atoms with van der Waals surface area (Å²) in [5.41, 5.74) is -0.0253. The summed E-state index contributed by atoms with van der Waals surface area (Å²) >= 11 is 0. The van der Waals surface area contributed by atoms with Crippen LogP contribution in [0.1, 0.15) is 40.0 Å². The number of nitrogens with one attached hydrogen (secondary N) is 1. The summed E-state index contributed by atoms with van der Waals surface area (Å²) in [5.74, 6) is 0.782. The molecule has 2 heterocycles. The van der Waals surface area contributed by atoms with Crippen LogP contribution in [0.4, 0.5) is 0 Å². The number of hydrogen-bond acceptors (Lipinski definition) is 3.